The number of nitrogens with zero attached hydrogens (tertiary/aromatic N) is 2. The standard InChI is InChI=1S/C11H12N2O4/c1-7-4-5-9(15-2)8(6-7)13-11(14)17-10(12-13)16-3/h4-6H,1-3H3. The van der Waals surface area contributed by atoms with Gasteiger partial charge in [0, 0.05) is 0 Å². The predicted octanol–water partition coefficient (Wildman–Crippen LogP) is 1.15. The van der Waals surface area contributed by atoms with Crippen molar-refractivity contribution < 1.29 is 13.9 Å². The summed E-state index contributed by atoms with van der Waals surface area (Å²) in [5.74, 6) is -0.0839. The number of ether oxygens (including phenoxy) is 2. The Kier molecular flexibility index (Phi) is 2.86. The molecule has 2 rings (SSSR count). The van der Waals surface area contributed by atoms with E-state index < -0.39 is 5.76 Å². The predicted molar refractivity (Wildman–Crippen MR) is 59.9 cm³/mol. The monoisotopic (exact) mass is 236 g/mol. The van der Waals surface area contributed by atoms with Crippen LogP contribution in [0.3, 0.4) is 0 Å². The van der Waals surface area contributed by atoms with Crippen LogP contribution >= 0.6 is 0 Å². The summed E-state index contributed by atoms with van der Waals surface area (Å²) in [5.41, 5.74) is 1.50. The smallest absolute Gasteiger partial charge is 0.444 e. The molecule has 0 radical (unpaired) electrons. The molecule has 2 aromatic rings. The number of aromatic nitrogens is 2. The van der Waals surface area contributed by atoms with E-state index in [-0.39, 0.29) is 6.08 Å². The molecule has 0 unspecified atom stereocenters. The van der Waals surface area contributed by atoms with Gasteiger partial charge in [-0.3, -0.25) is 0 Å². The zero-order chi connectivity index (χ0) is 12.4. The molecule has 17 heavy (non-hydrogen) atoms. The topological polar surface area (TPSA) is 66.5 Å². The number of hydrogen-bond donors (Lipinski definition) is 0. The third kappa shape index (κ3) is 2.01. The maximum atomic E-state index is 11.6. The molecule has 0 spiro atoms. The summed E-state index contributed by atoms with van der Waals surface area (Å²) in [6, 6.07) is 5.42. The Labute approximate surface area is 97.4 Å². The van der Waals surface area contributed by atoms with E-state index in [9.17, 15) is 4.79 Å². The fraction of sp³-hybridized carbons (Fsp3) is 0.273. The molecular weight excluding hydrogens is 224 g/mol. The van der Waals surface area contributed by atoms with Crippen molar-refractivity contribution in [2.75, 3.05) is 14.2 Å². The van der Waals surface area contributed by atoms with Gasteiger partial charge in [0.15, 0.2) is 0 Å². The van der Waals surface area contributed by atoms with Crippen LogP contribution in [-0.4, -0.2) is 24.0 Å². The van der Waals surface area contributed by atoms with Crippen LogP contribution in [0.1, 0.15) is 5.56 Å². The quantitative estimate of drug-likeness (QED) is 0.799. The van der Waals surface area contributed by atoms with Gasteiger partial charge in [0.05, 0.1) is 14.2 Å². The Hall–Kier alpha value is -2.24. The number of rotatable bonds is 3. The first-order chi connectivity index (χ1) is 8.15. The van der Waals surface area contributed by atoms with Crippen LogP contribution in [-0.2, 0) is 0 Å². The van der Waals surface area contributed by atoms with Crippen molar-refractivity contribution in [3.8, 4) is 17.5 Å². The number of hydrogen-bond acceptors (Lipinski definition) is 5. The molecule has 6 nitrogen and oxygen atoms in total. The lowest BCUT2D eigenvalue weighted by molar-refractivity contribution is 0.282. The Balaban J connectivity index is 2.62. The van der Waals surface area contributed by atoms with Gasteiger partial charge in [0.2, 0.25) is 0 Å². The second-order valence-corrected chi connectivity index (χ2v) is 3.43. The molecule has 1 heterocycles. The minimum Gasteiger partial charge on any atom is -0.494 e. The zero-order valence-electron chi connectivity index (χ0n) is 9.76. The summed E-state index contributed by atoms with van der Waals surface area (Å²) in [5, 5.41) is 3.88. The highest BCUT2D eigenvalue weighted by molar-refractivity contribution is 5.48. The summed E-state index contributed by atoms with van der Waals surface area (Å²) in [6.45, 7) is 1.91. The average Bonchev–Trinajstić information content (AvgIpc) is 2.70. The summed E-state index contributed by atoms with van der Waals surface area (Å²) in [6.07, 6.45) is -0.0847. The van der Waals surface area contributed by atoms with Gasteiger partial charge in [-0.2, -0.15) is 4.68 Å². The van der Waals surface area contributed by atoms with Crippen LogP contribution in [0.5, 0.6) is 11.8 Å². The maximum Gasteiger partial charge on any atom is 0.444 e. The van der Waals surface area contributed by atoms with Crippen molar-refractivity contribution in [3.05, 3.63) is 34.3 Å². The van der Waals surface area contributed by atoms with E-state index in [4.69, 9.17) is 13.9 Å². The van der Waals surface area contributed by atoms with Crippen molar-refractivity contribution in [2.24, 2.45) is 0 Å². The minimum atomic E-state index is -0.620. The summed E-state index contributed by atoms with van der Waals surface area (Å²) < 4.78 is 15.8. The van der Waals surface area contributed by atoms with Gasteiger partial charge in [0.1, 0.15) is 11.4 Å². The lowest BCUT2D eigenvalue weighted by Gasteiger charge is -2.07. The SMILES string of the molecule is COc1nn(-c2cc(C)ccc2OC)c(=O)o1. The molecule has 0 amide bonds. The molecular formula is C11H12N2O4. The van der Waals surface area contributed by atoms with Crippen LogP contribution < -0.4 is 15.2 Å². The normalized spacial score (nSPS) is 10.3. The number of benzene rings is 1. The van der Waals surface area contributed by atoms with E-state index in [1.165, 1.54) is 14.2 Å². The maximum absolute atomic E-state index is 11.6. The third-order valence-electron chi connectivity index (χ3n) is 2.27. The van der Waals surface area contributed by atoms with Crippen molar-refractivity contribution in [2.45, 2.75) is 6.92 Å². The Morgan fingerprint density at radius 3 is 2.65 bits per heavy atom. The molecule has 0 bridgehead atoms. The molecule has 0 aliphatic heterocycles. The number of methoxy groups -OCH3 is 2. The highest BCUT2D eigenvalue weighted by Crippen LogP contribution is 2.22. The van der Waals surface area contributed by atoms with Gasteiger partial charge >= 0.3 is 11.8 Å². The first-order valence-corrected chi connectivity index (χ1v) is 4.95. The summed E-state index contributed by atoms with van der Waals surface area (Å²) in [7, 11) is 2.90. The van der Waals surface area contributed by atoms with Crippen molar-refractivity contribution in [3.63, 3.8) is 0 Å². The molecule has 90 valence electrons. The third-order valence-corrected chi connectivity index (χ3v) is 2.27. The van der Waals surface area contributed by atoms with Gasteiger partial charge in [-0.25, -0.2) is 4.79 Å². The van der Waals surface area contributed by atoms with Gasteiger partial charge in [-0.05, 0) is 24.6 Å². The molecule has 0 aliphatic rings. The highest BCUT2D eigenvalue weighted by Gasteiger charge is 2.14. The molecule has 0 saturated carbocycles. The fourth-order valence-electron chi connectivity index (χ4n) is 1.46. The van der Waals surface area contributed by atoms with Crippen molar-refractivity contribution >= 4 is 0 Å². The van der Waals surface area contributed by atoms with Gasteiger partial charge < -0.3 is 13.9 Å². The molecule has 0 fully saturated rings. The minimum absolute atomic E-state index is 0.0847. The zero-order valence-corrected chi connectivity index (χ0v) is 9.76. The Morgan fingerprint density at radius 2 is 2.06 bits per heavy atom. The van der Waals surface area contributed by atoms with E-state index in [0.717, 1.165) is 10.2 Å². The molecule has 1 aromatic heterocycles. The Bertz CT molecular complexity index is 585. The lowest BCUT2D eigenvalue weighted by atomic mass is 10.2. The highest BCUT2D eigenvalue weighted by atomic mass is 16.6. The first kappa shape index (κ1) is 11.3. The second kappa shape index (κ2) is 4.32. The first-order valence-electron chi connectivity index (χ1n) is 4.95. The van der Waals surface area contributed by atoms with Gasteiger partial charge in [0.25, 0.3) is 0 Å². The van der Waals surface area contributed by atoms with Crippen molar-refractivity contribution in [1.82, 2.24) is 9.78 Å². The van der Waals surface area contributed by atoms with E-state index in [1.54, 1.807) is 12.1 Å². The van der Waals surface area contributed by atoms with Crippen LogP contribution in [0.2, 0.25) is 0 Å². The second-order valence-electron chi connectivity index (χ2n) is 3.43. The van der Waals surface area contributed by atoms with E-state index in [0.29, 0.717) is 11.4 Å². The number of aryl methyl sites for hydroxylation is 1. The average molecular weight is 236 g/mol. The largest absolute Gasteiger partial charge is 0.494 e. The van der Waals surface area contributed by atoms with Crippen molar-refractivity contribution in [1.29, 1.82) is 0 Å². The van der Waals surface area contributed by atoms with Crippen LogP contribution in [0, 0.1) is 6.92 Å². The van der Waals surface area contributed by atoms with E-state index in [1.807, 2.05) is 13.0 Å². The molecule has 0 atom stereocenters. The van der Waals surface area contributed by atoms with Crippen LogP contribution in [0.15, 0.2) is 27.4 Å². The molecule has 0 saturated heterocycles. The summed E-state index contributed by atoms with van der Waals surface area (Å²) >= 11 is 0. The van der Waals surface area contributed by atoms with E-state index >= 15 is 0 Å². The molecule has 1 aromatic carbocycles. The Morgan fingerprint density at radius 1 is 1.29 bits per heavy atom. The van der Waals surface area contributed by atoms with Crippen LogP contribution in [0.4, 0.5) is 0 Å². The van der Waals surface area contributed by atoms with E-state index in [2.05, 4.69) is 5.10 Å². The molecule has 0 N–H and O–H groups in total. The lowest BCUT2D eigenvalue weighted by Crippen LogP contribution is -2.14. The van der Waals surface area contributed by atoms with Crippen LogP contribution in [0.25, 0.3) is 5.69 Å². The molecule has 6 heteroatoms. The van der Waals surface area contributed by atoms with Gasteiger partial charge in [-0.15, -0.1) is 0 Å². The molecule has 0 aliphatic carbocycles. The van der Waals surface area contributed by atoms with Gasteiger partial charge in [-0.1, -0.05) is 11.2 Å². The fourth-order valence-corrected chi connectivity index (χ4v) is 1.46. The summed E-state index contributed by atoms with van der Waals surface area (Å²) in [4.78, 5) is 11.6.